The third-order valence-electron chi connectivity index (χ3n) is 4.17. The van der Waals surface area contributed by atoms with Gasteiger partial charge in [0, 0.05) is 17.0 Å². The van der Waals surface area contributed by atoms with Crippen LogP contribution in [-0.2, 0) is 11.2 Å². The van der Waals surface area contributed by atoms with E-state index in [1.165, 1.54) is 22.3 Å². The lowest BCUT2D eigenvalue weighted by molar-refractivity contribution is 0.0454. The van der Waals surface area contributed by atoms with Crippen molar-refractivity contribution in [3.05, 3.63) is 59.2 Å². The van der Waals surface area contributed by atoms with Gasteiger partial charge in [-0.3, -0.25) is 0 Å². The summed E-state index contributed by atoms with van der Waals surface area (Å²) in [6, 6.07) is 14.6. The first-order valence-electron chi connectivity index (χ1n) is 7.44. The van der Waals surface area contributed by atoms with E-state index in [4.69, 9.17) is 16.3 Å². The van der Waals surface area contributed by atoms with Crippen LogP contribution in [0.5, 0.6) is 0 Å². The SMILES string of the molecule is CC(C)(C)C(OC(=O)Cl)c1cccc2c1Cc1ccccc1-2. The van der Waals surface area contributed by atoms with Crippen molar-refractivity contribution < 1.29 is 9.53 Å². The highest BCUT2D eigenvalue weighted by Gasteiger charge is 2.33. The van der Waals surface area contributed by atoms with Crippen LogP contribution in [0.2, 0.25) is 0 Å². The molecular formula is C19H19ClO2. The quantitative estimate of drug-likeness (QED) is 0.565. The predicted molar refractivity (Wildman–Crippen MR) is 89.2 cm³/mol. The molecule has 0 aromatic heterocycles. The molecule has 0 spiro atoms. The molecule has 3 rings (SSSR count). The average Bonchev–Trinajstić information content (AvgIpc) is 2.82. The fourth-order valence-electron chi connectivity index (χ4n) is 3.23. The second-order valence-electron chi connectivity index (χ2n) is 6.81. The minimum atomic E-state index is -0.756. The number of rotatable bonds is 2. The fraction of sp³-hybridized carbons (Fsp3) is 0.316. The van der Waals surface area contributed by atoms with Gasteiger partial charge < -0.3 is 4.74 Å². The zero-order valence-electron chi connectivity index (χ0n) is 13.0. The Labute approximate surface area is 136 Å². The first kappa shape index (κ1) is 15.1. The standard InChI is InChI=1S/C19H19ClO2/c1-19(2,3)17(22-18(20)21)15-10-6-9-14-13-8-5-4-7-12(13)11-16(14)15/h4-10,17H,11H2,1-3H3. The van der Waals surface area contributed by atoms with Crippen molar-refractivity contribution in [2.45, 2.75) is 33.3 Å². The maximum Gasteiger partial charge on any atom is 0.404 e. The number of fused-ring (bicyclic) bond motifs is 3. The van der Waals surface area contributed by atoms with Gasteiger partial charge in [-0.1, -0.05) is 63.2 Å². The lowest BCUT2D eigenvalue weighted by Crippen LogP contribution is -2.23. The normalized spacial score (nSPS) is 14.2. The highest BCUT2D eigenvalue weighted by atomic mass is 35.5. The molecular weight excluding hydrogens is 296 g/mol. The van der Waals surface area contributed by atoms with E-state index in [0.717, 1.165) is 12.0 Å². The molecule has 3 heteroatoms. The van der Waals surface area contributed by atoms with Crippen LogP contribution in [0.4, 0.5) is 4.79 Å². The maximum atomic E-state index is 11.3. The molecule has 1 atom stereocenters. The molecule has 0 aliphatic heterocycles. The Bertz CT molecular complexity index is 728. The van der Waals surface area contributed by atoms with Crippen LogP contribution in [0.15, 0.2) is 42.5 Å². The molecule has 2 aromatic carbocycles. The Morgan fingerprint density at radius 2 is 1.77 bits per heavy atom. The van der Waals surface area contributed by atoms with Crippen LogP contribution < -0.4 is 0 Å². The number of halogens is 1. The van der Waals surface area contributed by atoms with Gasteiger partial charge in [0.1, 0.15) is 6.10 Å². The van der Waals surface area contributed by atoms with E-state index in [2.05, 4.69) is 51.1 Å². The van der Waals surface area contributed by atoms with Gasteiger partial charge in [-0.05, 0) is 34.2 Å². The molecule has 0 saturated heterocycles. The lowest BCUT2D eigenvalue weighted by atomic mass is 9.82. The van der Waals surface area contributed by atoms with Crippen molar-refractivity contribution in [3.8, 4) is 11.1 Å². The Morgan fingerprint density at radius 3 is 2.45 bits per heavy atom. The van der Waals surface area contributed by atoms with Crippen molar-refractivity contribution in [1.82, 2.24) is 0 Å². The van der Waals surface area contributed by atoms with Gasteiger partial charge in [0.2, 0.25) is 0 Å². The molecule has 1 unspecified atom stereocenters. The number of ether oxygens (including phenoxy) is 1. The fourth-order valence-corrected chi connectivity index (χ4v) is 3.32. The summed E-state index contributed by atoms with van der Waals surface area (Å²) in [5.74, 6) is 0. The molecule has 0 fully saturated rings. The Balaban J connectivity index is 2.12. The number of carbonyl (C=O) groups is 1. The Hall–Kier alpha value is -1.80. The van der Waals surface area contributed by atoms with Crippen LogP contribution in [-0.4, -0.2) is 5.43 Å². The topological polar surface area (TPSA) is 26.3 Å². The van der Waals surface area contributed by atoms with Crippen molar-refractivity contribution in [2.75, 3.05) is 0 Å². The number of hydrogen-bond acceptors (Lipinski definition) is 2. The molecule has 0 saturated carbocycles. The molecule has 0 amide bonds. The maximum absolute atomic E-state index is 11.3. The van der Waals surface area contributed by atoms with Crippen LogP contribution in [0.3, 0.4) is 0 Å². The first-order chi connectivity index (χ1) is 10.4. The minimum absolute atomic E-state index is 0.228. The minimum Gasteiger partial charge on any atom is -0.445 e. The summed E-state index contributed by atoms with van der Waals surface area (Å²) in [6.07, 6.45) is 0.510. The molecule has 0 bridgehead atoms. The van der Waals surface area contributed by atoms with E-state index in [-0.39, 0.29) is 11.5 Å². The van der Waals surface area contributed by atoms with Gasteiger partial charge in [0.15, 0.2) is 0 Å². The number of carbonyl (C=O) groups excluding carboxylic acids is 1. The zero-order chi connectivity index (χ0) is 15.9. The van der Waals surface area contributed by atoms with Crippen LogP contribution in [0.25, 0.3) is 11.1 Å². The number of hydrogen-bond donors (Lipinski definition) is 0. The van der Waals surface area contributed by atoms with Crippen LogP contribution in [0, 0.1) is 5.41 Å². The van der Waals surface area contributed by atoms with Crippen molar-refractivity contribution in [1.29, 1.82) is 0 Å². The zero-order valence-corrected chi connectivity index (χ0v) is 13.8. The summed E-state index contributed by atoms with van der Waals surface area (Å²) >= 11 is 5.51. The summed E-state index contributed by atoms with van der Waals surface area (Å²) in [6.45, 7) is 6.16. The van der Waals surface area contributed by atoms with Gasteiger partial charge >= 0.3 is 5.43 Å². The average molecular weight is 315 g/mol. The summed E-state index contributed by atoms with van der Waals surface area (Å²) in [5.41, 5.74) is 5.12. The molecule has 0 heterocycles. The summed E-state index contributed by atoms with van der Waals surface area (Å²) in [7, 11) is 0. The molecule has 114 valence electrons. The molecule has 1 aliphatic rings. The molecule has 0 radical (unpaired) electrons. The third kappa shape index (κ3) is 2.64. The van der Waals surface area contributed by atoms with Gasteiger partial charge in [0.05, 0.1) is 0 Å². The molecule has 0 N–H and O–H groups in total. The van der Waals surface area contributed by atoms with Crippen LogP contribution >= 0.6 is 11.6 Å². The largest absolute Gasteiger partial charge is 0.445 e. The van der Waals surface area contributed by atoms with Gasteiger partial charge in [-0.15, -0.1) is 0 Å². The molecule has 1 aliphatic carbocycles. The van der Waals surface area contributed by atoms with E-state index in [1.807, 2.05) is 12.1 Å². The first-order valence-corrected chi connectivity index (χ1v) is 7.82. The highest BCUT2D eigenvalue weighted by molar-refractivity contribution is 6.61. The van der Waals surface area contributed by atoms with Gasteiger partial charge in [-0.25, -0.2) is 4.79 Å². The Morgan fingerprint density at radius 1 is 1.09 bits per heavy atom. The second kappa shape index (κ2) is 5.44. The predicted octanol–water partition coefficient (Wildman–Crippen LogP) is 5.72. The summed E-state index contributed by atoms with van der Waals surface area (Å²) in [5, 5.41) is 0. The molecule has 2 aromatic rings. The van der Waals surface area contributed by atoms with E-state index >= 15 is 0 Å². The summed E-state index contributed by atoms with van der Waals surface area (Å²) in [4.78, 5) is 11.3. The molecule has 2 nitrogen and oxygen atoms in total. The van der Waals surface area contributed by atoms with E-state index in [9.17, 15) is 4.79 Å². The van der Waals surface area contributed by atoms with E-state index in [0.29, 0.717) is 0 Å². The van der Waals surface area contributed by atoms with Crippen molar-refractivity contribution in [2.24, 2.45) is 5.41 Å². The van der Waals surface area contributed by atoms with Crippen LogP contribution in [0.1, 0.15) is 43.6 Å². The molecule has 22 heavy (non-hydrogen) atoms. The van der Waals surface area contributed by atoms with E-state index < -0.39 is 5.43 Å². The van der Waals surface area contributed by atoms with E-state index in [1.54, 1.807) is 0 Å². The smallest absolute Gasteiger partial charge is 0.404 e. The lowest BCUT2D eigenvalue weighted by Gasteiger charge is -2.31. The monoisotopic (exact) mass is 314 g/mol. The second-order valence-corrected chi connectivity index (χ2v) is 7.12. The van der Waals surface area contributed by atoms with Gasteiger partial charge in [-0.2, -0.15) is 0 Å². The summed E-state index contributed by atoms with van der Waals surface area (Å²) < 4.78 is 5.45. The van der Waals surface area contributed by atoms with Crippen molar-refractivity contribution >= 4 is 17.0 Å². The third-order valence-corrected chi connectivity index (χ3v) is 4.26. The van der Waals surface area contributed by atoms with Crippen molar-refractivity contribution in [3.63, 3.8) is 0 Å². The number of benzene rings is 2. The van der Waals surface area contributed by atoms with Gasteiger partial charge in [0.25, 0.3) is 0 Å². The Kier molecular flexibility index (Phi) is 3.73. The highest BCUT2D eigenvalue weighted by Crippen LogP contribution is 2.45.